The van der Waals surface area contributed by atoms with Crippen LogP contribution in [0, 0.1) is 5.92 Å². The Morgan fingerprint density at radius 3 is 2.62 bits per heavy atom. The third-order valence-electron chi connectivity index (χ3n) is 4.85. The van der Waals surface area contributed by atoms with Gasteiger partial charge in [0.2, 0.25) is 0 Å². The van der Waals surface area contributed by atoms with Crippen molar-refractivity contribution >= 4 is 22.0 Å². The normalized spacial score (nSPS) is 27.6. The number of rotatable bonds is 6. The van der Waals surface area contributed by atoms with E-state index in [0.717, 1.165) is 25.7 Å². The highest BCUT2D eigenvalue weighted by molar-refractivity contribution is 8.00. The monoisotopic (exact) mass is 336 g/mol. The molecular weight excluding hydrogens is 308 g/mol. The second-order valence-electron chi connectivity index (χ2n) is 6.32. The molecule has 0 bridgehead atoms. The van der Waals surface area contributed by atoms with Gasteiger partial charge in [0.15, 0.2) is 0 Å². The van der Waals surface area contributed by atoms with E-state index in [0.29, 0.717) is 19.6 Å². The molecule has 1 aliphatic heterocycles. The summed E-state index contributed by atoms with van der Waals surface area (Å²) in [6.07, 6.45) is 9.67. The lowest BCUT2D eigenvalue weighted by molar-refractivity contribution is 0.164. The van der Waals surface area contributed by atoms with E-state index in [1.54, 1.807) is 11.8 Å². The highest BCUT2D eigenvalue weighted by Crippen LogP contribution is 2.38. The summed E-state index contributed by atoms with van der Waals surface area (Å²) in [6.45, 7) is 1.60. The lowest BCUT2D eigenvalue weighted by Crippen LogP contribution is -2.50. The van der Waals surface area contributed by atoms with Crippen molar-refractivity contribution in [3.05, 3.63) is 0 Å². The van der Waals surface area contributed by atoms with Gasteiger partial charge in [0.25, 0.3) is 10.2 Å². The Kier molecular flexibility index (Phi) is 6.38. The summed E-state index contributed by atoms with van der Waals surface area (Å²) in [4.78, 5) is 0. The molecule has 1 saturated carbocycles. The van der Waals surface area contributed by atoms with E-state index in [4.69, 9.17) is 0 Å². The topological polar surface area (TPSA) is 69.6 Å². The number of nitrogens with one attached hydrogen (secondary N) is 1. The molecule has 2 N–H and O–H groups in total. The van der Waals surface area contributed by atoms with Crippen LogP contribution in [0.4, 0.5) is 0 Å². The van der Waals surface area contributed by atoms with E-state index in [1.807, 2.05) is 0 Å². The van der Waals surface area contributed by atoms with Gasteiger partial charge in [-0.2, -0.15) is 24.5 Å². The van der Waals surface area contributed by atoms with E-state index >= 15 is 0 Å². The van der Waals surface area contributed by atoms with Crippen molar-refractivity contribution in [3.63, 3.8) is 0 Å². The fraction of sp³-hybridized carbons (Fsp3) is 1.00. The first-order valence-corrected chi connectivity index (χ1v) is 10.6. The van der Waals surface area contributed by atoms with Gasteiger partial charge in [-0.25, -0.2) is 4.72 Å². The molecule has 0 aromatic heterocycles. The Labute approximate surface area is 133 Å². The molecule has 0 aromatic carbocycles. The van der Waals surface area contributed by atoms with E-state index in [9.17, 15) is 13.5 Å². The minimum atomic E-state index is -3.42. The van der Waals surface area contributed by atoms with Crippen LogP contribution in [0.1, 0.15) is 44.9 Å². The van der Waals surface area contributed by atoms with Crippen LogP contribution in [0.25, 0.3) is 0 Å². The summed E-state index contributed by atoms with van der Waals surface area (Å²) in [5.41, 5.74) is 0. The average molecular weight is 337 g/mol. The second kappa shape index (κ2) is 7.64. The summed E-state index contributed by atoms with van der Waals surface area (Å²) >= 11 is 1.80. The fourth-order valence-electron chi connectivity index (χ4n) is 3.36. The Balaban J connectivity index is 1.93. The van der Waals surface area contributed by atoms with Gasteiger partial charge in [-0.3, -0.25) is 0 Å². The lowest BCUT2D eigenvalue weighted by atomic mass is 9.88. The molecule has 1 aliphatic carbocycles. The number of aliphatic hydroxyl groups excluding tert-OH is 1. The van der Waals surface area contributed by atoms with Gasteiger partial charge in [0.05, 0.1) is 0 Å². The first-order valence-electron chi connectivity index (χ1n) is 7.92. The Bertz CT molecular complexity index is 422. The zero-order chi connectivity index (χ0) is 15.3. The van der Waals surface area contributed by atoms with Crippen LogP contribution < -0.4 is 4.72 Å². The first kappa shape index (κ1) is 17.5. The first-order chi connectivity index (χ1) is 10.0. The molecule has 1 heterocycles. The predicted molar refractivity (Wildman–Crippen MR) is 87.6 cm³/mol. The van der Waals surface area contributed by atoms with Gasteiger partial charge < -0.3 is 5.11 Å². The maximum Gasteiger partial charge on any atom is 0.279 e. The van der Waals surface area contributed by atoms with Crippen molar-refractivity contribution in [2.24, 2.45) is 5.92 Å². The van der Waals surface area contributed by atoms with Crippen LogP contribution >= 0.6 is 11.8 Å². The maximum atomic E-state index is 12.5. The summed E-state index contributed by atoms with van der Waals surface area (Å²) < 4.78 is 29.3. The maximum absolute atomic E-state index is 12.5. The van der Waals surface area contributed by atoms with Crippen molar-refractivity contribution in [1.82, 2.24) is 9.03 Å². The summed E-state index contributed by atoms with van der Waals surface area (Å²) in [5.74, 6) is 0.0829. The predicted octanol–water partition coefficient (Wildman–Crippen LogP) is 1.59. The average Bonchev–Trinajstić information content (AvgIpc) is 2.54. The van der Waals surface area contributed by atoms with Crippen LogP contribution in [-0.2, 0) is 10.2 Å². The molecule has 1 saturated heterocycles. The zero-order valence-corrected chi connectivity index (χ0v) is 14.5. The molecule has 21 heavy (non-hydrogen) atoms. The van der Waals surface area contributed by atoms with Crippen LogP contribution in [0.2, 0.25) is 0 Å². The van der Waals surface area contributed by atoms with E-state index < -0.39 is 10.2 Å². The van der Waals surface area contributed by atoms with Crippen molar-refractivity contribution in [2.45, 2.75) is 49.7 Å². The fourth-order valence-corrected chi connectivity index (χ4v) is 5.78. The summed E-state index contributed by atoms with van der Waals surface area (Å²) in [5, 5.41) is 9.24. The largest absolute Gasteiger partial charge is 0.396 e. The number of thioether (sulfide) groups is 1. The lowest BCUT2D eigenvalue weighted by Gasteiger charge is -2.37. The van der Waals surface area contributed by atoms with Crippen LogP contribution in [-0.4, -0.2) is 55.1 Å². The Hall–Kier alpha value is 0.180. The van der Waals surface area contributed by atoms with Crippen LogP contribution in [0.15, 0.2) is 0 Å². The van der Waals surface area contributed by atoms with Crippen molar-refractivity contribution in [2.75, 3.05) is 32.5 Å². The third kappa shape index (κ3) is 4.58. The minimum Gasteiger partial charge on any atom is -0.396 e. The zero-order valence-electron chi connectivity index (χ0n) is 12.9. The highest BCUT2D eigenvalue weighted by atomic mass is 32.2. The van der Waals surface area contributed by atoms with Gasteiger partial charge in [0, 0.05) is 31.0 Å². The number of piperidine rings is 1. The number of aliphatic hydroxyl groups is 1. The van der Waals surface area contributed by atoms with Gasteiger partial charge in [-0.05, 0) is 37.9 Å². The molecule has 0 radical (unpaired) electrons. The van der Waals surface area contributed by atoms with Gasteiger partial charge in [0.1, 0.15) is 0 Å². The molecule has 2 fully saturated rings. The van der Waals surface area contributed by atoms with Crippen molar-refractivity contribution in [1.29, 1.82) is 0 Å². The van der Waals surface area contributed by atoms with Gasteiger partial charge in [-0.15, -0.1) is 0 Å². The van der Waals surface area contributed by atoms with Crippen molar-refractivity contribution < 1.29 is 13.5 Å². The molecule has 1 unspecified atom stereocenters. The number of hydrogen-bond donors (Lipinski definition) is 2. The minimum absolute atomic E-state index is 0.0670. The third-order valence-corrected chi connectivity index (χ3v) is 7.79. The molecule has 5 nitrogen and oxygen atoms in total. The van der Waals surface area contributed by atoms with Gasteiger partial charge in [-0.1, -0.05) is 19.3 Å². The highest BCUT2D eigenvalue weighted by Gasteiger charge is 2.34. The molecule has 124 valence electrons. The molecule has 0 amide bonds. The smallest absolute Gasteiger partial charge is 0.279 e. The second-order valence-corrected chi connectivity index (χ2v) is 9.35. The van der Waals surface area contributed by atoms with Crippen molar-refractivity contribution in [3.8, 4) is 0 Å². The Morgan fingerprint density at radius 1 is 1.29 bits per heavy atom. The number of hydrogen-bond acceptors (Lipinski definition) is 4. The molecule has 2 rings (SSSR count). The molecule has 0 aromatic rings. The molecular formula is C14H28N2O3S2. The summed E-state index contributed by atoms with van der Waals surface area (Å²) in [6, 6.07) is 0. The van der Waals surface area contributed by atoms with E-state index in [1.165, 1.54) is 23.6 Å². The molecule has 1 atom stereocenters. The van der Waals surface area contributed by atoms with E-state index in [-0.39, 0.29) is 17.3 Å². The standard InChI is InChI=1S/C14H28N2O3S2/c1-20-14(7-3-2-4-8-14)12-15-21(18,19)16-9-5-6-13(10-16)11-17/h13,15,17H,2-12H2,1H3. The van der Waals surface area contributed by atoms with Crippen LogP contribution in [0.5, 0.6) is 0 Å². The molecule has 7 heteroatoms. The summed E-state index contributed by atoms with van der Waals surface area (Å²) in [7, 11) is -3.42. The van der Waals surface area contributed by atoms with Crippen LogP contribution in [0.3, 0.4) is 0 Å². The molecule has 2 aliphatic rings. The molecule has 0 spiro atoms. The quantitative estimate of drug-likeness (QED) is 0.773. The SMILES string of the molecule is CSC1(CNS(=O)(=O)N2CCCC(CO)C2)CCCCC1. The van der Waals surface area contributed by atoms with Gasteiger partial charge >= 0.3 is 0 Å². The Morgan fingerprint density at radius 2 is 2.00 bits per heavy atom. The number of nitrogens with zero attached hydrogens (tertiary/aromatic N) is 1. The van der Waals surface area contributed by atoms with E-state index in [2.05, 4.69) is 11.0 Å².